The number of nitro benzene ring substituents is 1. The summed E-state index contributed by atoms with van der Waals surface area (Å²) >= 11 is 0. The zero-order valence-corrected chi connectivity index (χ0v) is 13.7. The lowest BCUT2D eigenvalue weighted by atomic mass is 10.1. The van der Waals surface area contributed by atoms with Gasteiger partial charge in [0.1, 0.15) is 0 Å². The Morgan fingerprint density at radius 2 is 1.58 bits per heavy atom. The molecule has 2 aromatic carbocycles. The number of benzene rings is 2. The van der Waals surface area contributed by atoms with E-state index in [9.17, 15) is 24.5 Å². The number of rotatable bonds is 5. The molecule has 8 heteroatoms. The molecule has 1 heterocycles. The van der Waals surface area contributed by atoms with Crippen molar-refractivity contribution >= 4 is 29.1 Å². The second kappa shape index (κ2) is 7.14. The second-order valence-electron chi connectivity index (χ2n) is 5.83. The largest absolute Gasteiger partial charge is 0.322 e. The topological polar surface area (TPSA) is 110 Å². The summed E-state index contributed by atoms with van der Waals surface area (Å²) in [4.78, 5) is 46.8. The van der Waals surface area contributed by atoms with Crippen molar-refractivity contribution in [2.75, 3.05) is 5.32 Å². The molecule has 8 nitrogen and oxygen atoms in total. The van der Waals surface area contributed by atoms with Gasteiger partial charge in [-0.15, -0.1) is 0 Å². The van der Waals surface area contributed by atoms with Gasteiger partial charge in [0.25, 0.3) is 11.6 Å². The summed E-state index contributed by atoms with van der Waals surface area (Å²) in [7, 11) is 0. The van der Waals surface area contributed by atoms with E-state index in [0.29, 0.717) is 11.3 Å². The molecule has 0 bridgehead atoms. The van der Waals surface area contributed by atoms with Crippen LogP contribution in [0.5, 0.6) is 0 Å². The van der Waals surface area contributed by atoms with Crippen LogP contribution < -0.4 is 5.32 Å². The Balaban J connectivity index is 1.63. The van der Waals surface area contributed by atoms with Crippen LogP contribution in [0.3, 0.4) is 0 Å². The van der Waals surface area contributed by atoms with E-state index in [0.717, 1.165) is 5.56 Å². The molecular weight excluding hydrogens is 338 g/mol. The van der Waals surface area contributed by atoms with E-state index in [1.807, 2.05) is 0 Å². The Bertz CT molecular complexity index is 859. The predicted octanol–water partition coefficient (Wildman–Crippen LogP) is 2.50. The van der Waals surface area contributed by atoms with Gasteiger partial charge in [-0.05, 0) is 29.8 Å². The maximum Gasteiger partial charge on any atom is 0.269 e. The third-order valence-corrected chi connectivity index (χ3v) is 4.05. The first-order valence-corrected chi connectivity index (χ1v) is 7.92. The number of imide groups is 1. The minimum absolute atomic E-state index is 0.0862. The van der Waals surface area contributed by atoms with Gasteiger partial charge < -0.3 is 5.32 Å². The lowest BCUT2D eigenvalue weighted by molar-refractivity contribution is -0.384. The Labute approximate surface area is 148 Å². The summed E-state index contributed by atoms with van der Waals surface area (Å²) in [5, 5.41) is 13.3. The zero-order valence-electron chi connectivity index (χ0n) is 13.7. The first-order chi connectivity index (χ1) is 12.4. The molecule has 0 radical (unpaired) electrons. The van der Waals surface area contributed by atoms with Crippen molar-refractivity contribution < 1.29 is 19.3 Å². The van der Waals surface area contributed by atoms with E-state index in [-0.39, 0.29) is 36.9 Å². The van der Waals surface area contributed by atoms with Crippen molar-refractivity contribution in [1.29, 1.82) is 0 Å². The van der Waals surface area contributed by atoms with Crippen molar-refractivity contribution in [1.82, 2.24) is 4.90 Å². The van der Waals surface area contributed by atoms with Gasteiger partial charge in [-0.1, -0.05) is 12.1 Å². The minimum Gasteiger partial charge on any atom is -0.322 e. The Morgan fingerprint density at radius 1 is 1.00 bits per heavy atom. The molecule has 0 saturated carbocycles. The van der Waals surface area contributed by atoms with Crippen LogP contribution in [0, 0.1) is 10.1 Å². The molecule has 1 aliphatic rings. The van der Waals surface area contributed by atoms with Crippen LogP contribution in [0.1, 0.15) is 28.8 Å². The second-order valence-corrected chi connectivity index (χ2v) is 5.83. The number of carbonyl (C=O) groups is 3. The van der Waals surface area contributed by atoms with Crippen LogP contribution >= 0.6 is 0 Å². The average molecular weight is 353 g/mol. The highest BCUT2D eigenvalue weighted by atomic mass is 16.6. The van der Waals surface area contributed by atoms with E-state index in [1.165, 1.54) is 29.2 Å². The number of non-ortho nitro benzene ring substituents is 1. The predicted molar refractivity (Wildman–Crippen MR) is 92.3 cm³/mol. The van der Waals surface area contributed by atoms with Crippen molar-refractivity contribution in [2.24, 2.45) is 0 Å². The normalized spacial score (nSPS) is 13.8. The van der Waals surface area contributed by atoms with Gasteiger partial charge in [0, 0.05) is 36.2 Å². The monoisotopic (exact) mass is 353 g/mol. The third-order valence-electron chi connectivity index (χ3n) is 4.05. The first kappa shape index (κ1) is 17.3. The molecule has 1 N–H and O–H groups in total. The molecular formula is C18H15N3O5. The fourth-order valence-electron chi connectivity index (χ4n) is 2.61. The summed E-state index contributed by atoms with van der Waals surface area (Å²) in [6.45, 7) is 0.217. The number of hydrogen-bond acceptors (Lipinski definition) is 5. The van der Waals surface area contributed by atoms with Crippen LogP contribution in [0.25, 0.3) is 0 Å². The summed E-state index contributed by atoms with van der Waals surface area (Å²) in [6.07, 6.45) is 0.504. The van der Waals surface area contributed by atoms with E-state index >= 15 is 0 Å². The molecule has 0 unspecified atom stereocenters. The first-order valence-electron chi connectivity index (χ1n) is 7.92. The highest BCUT2D eigenvalue weighted by Crippen LogP contribution is 2.18. The highest BCUT2D eigenvalue weighted by Gasteiger charge is 2.28. The van der Waals surface area contributed by atoms with Gasteiger partial charge in [-0.2, -0.15) is 0 Å². The fourth-order valence-corrected chi connectivity index (χ4v) is 2.61. The SMILES string of the molecule is O=C(Nc1ccc(CN2C(=O)CCC2=O)cc1)c1ccc([N+](=O)[O-])cc1. The van der Waals surface area contributed by atoms with E-state index < -0.39 is 10.8 Å². The standard InChI is InChI=1S/C18H15N3O5/c22-16-9-10-17(23)20(16)11-12-1-5-14(6-2-12)19-18(24)13-3-7-15(8-4-13)21(25)26/h1-8H,9-11H2,(H,19,24). The summed E-state index contributed by atoms with van der Waals surface area (Å²) in [5.74, 6) is -0.742. The Kier molecular flexibility index (Phi) is 4.74. The molecule has 26 heavy (non-hydrogen) atoms. The third kappa shape index (κ3) is 3.75. The van der Waals surface area contributed by atoms with E-state index in [1.54, 1.807) is 24.3 Å². The van der Waals surface area contributed by atoms with E-state index in [4.69, 9.17) is 0 Å². The van der Waals surface area contributed by atoms with Gasteiger partial charge in [0.15, 0.2) is 0 Å². The van der Waals surface area contributed by atoms with Gasteiger partial charge in [0.2, 0.25) is 11.8 Å². The van der Waals surface area contributed by atoms with Crippen LogP contribution in [-0.4, -0.2) is 27.5 Å². The fraction of sp³-hybridized carbons (Fsp3) is 0.167. The smallest absolute Gasteiger partial charge is 0.269 e. The molecule has 0 aromatic heterocycles. The van der Waals surface area contributed by atoms with Crippen molar-refractivity contribution in [3.05, 3.63) is 69.8 Å². The molecule has 132 valence electrons. The molecule has 0 aliphatic carbocycles. The minimum atomic E-state index is -0.531. The highest BCUT2D eigenvalue weighted by molar-refractivity contribution is 6.04. The average Bonchev–Trinajstić information content (AvgIpc) is 2.95. The Morgan fingerprint density at radius 3 is 2.12 bits per heavy atom. The molecule has 2 aromatic rings. The van der Waals surface area contributed by atoms with Gasteiger partial charge >= 0.3 is 0 Å². The van der Waals surface area contributed by atoms with Crippen molar-refractivity contribution in [3.63, 3.8) is 0 Å². The summed E-state index contributed by atoms with van der Waals surface area (Å²) in [6, 6.07) is 12.1. The maximum atomic E-state index is 12.2. The van der Waals surface area contributed by atoms with Crippen molar-refractivity contribution in [2.45, 2.75) is 19.4 Å². The molecule has 0 atom stereocenters. The van der Waals surface area contributed by atoms with Gasteiger partial charge in [-0.3, -0.25) is 29.4 Å². The molecule has 0 spiro atoms. The lowest BCUT2D eigenvalue weighted by Gasteiger charge is -2.14. The van der Waals surface area contributed by atoms with Gasteiger partial charge in [-0.25, -0.2) is 0 Å². The number of hydrogen-bond donors (Lipinski definition) is 1. The van der Waals surface area contributed by atoms with Crippen molar-refractivity contribution in [3.8, 4) is 0 Å². The lowest BCUT2D eigenvalue weighted by Crippen LogP contribution is -2.28. The molecule has 1 fully saturated rings. The quantitative estimate of drug-likeness (QED) is 0.504. The molecule has 1 aliphatic heterocycles. The number of nitrogens with zero attached hydrogens (tertiary/aromatic N) is 2. The van der Waals surface area contributed by atoms with Crippen LogP contribution in [-0.2, 0) is 16.1 Å². The maximum absolute atomic E-state index is 12.2. The summed E-state index contributed by atoms with van der Waals surface area (Å²) in [5.41, 5.74) is 1.53. The summed E-state index contributed by atoms with van der Waals surface area (Å²) < 4.78 is 0. The number of likely N-dealkylation sites (tertiary alicyclic amines) is 1. The molecule has 3 rings (SSSR count). The van der Waals surface area contributed by atoms with Crippen LogP contribution in [0.2, 0.25) is 0 Å². The van der Waals surface area contributed by atoms with Crippen LogP contribution in [0.4, 0.5) is 11.4 Å². The Hall–Kier alpha value is -3.55. The molecule has 1 saturated heterocycles. The molecule has 3 amide bonds. The zero-order chi connectivity index (χ0) is 18.7. The number of nitro groups is 1. The number of anilines is 1. The number of amides is 3. The van der Waals surface area contributed by atoms with Crippen LogP contribution in [0.15, 0.2) is 48.5 Å². The van der Waals surface area contributed by atoms with E-state index in [2.05, 4.69) is 5.32 Å². The number of carbonyl (C=O) groups excluding carboxylic acids is 3. The number of nitrogens with one attached hydrogen (secondary N) is 1. The van der Waals surface area contributed by atoms with Gasteiger partial charge in [0.05, 0.1) is 11.5 Å².